The van der Waals surface area contributed by atoms with Crippen molar-refractivity contribution in [3.8, 4) is 16.9 Å². The predicted molar refractivity (Wildman–Crippen MR) is 129 cm³/mol. The van der Waals surface area contributed by atoms with Crippen LogP contribution in [0.25, 0.3) is 22.2 Å². The number of hydrogen-bond acceptors (Lipinski definition) is 6. The molecule has 2 aromatic carbocycles. The van der Waals surface area contributed by atoms with Crippen LogP contribution in [0.4, 0.5) is 8.78 Å². The number of rotatable bonds is 4. The molecule has 2 aliphatic heterocycles. The number of benzene rings is 2. The summed E-state index contributed by atoms with van der Waals surface area (Å²) in [7, 11) is -2.98. The molecule has 1 N–H and O–H groups in total. The number of amides is 1. The lowest BCUT2D eigenvalue weighted by Gasteiger charge is -2.24. The van der Waals surface area contributed by atoms with Gasteiger partial charge in [-0.3, -0.25) is 4.79 Å². The number of hydrogen-bond donors (Lipinski definition) is 1. The molecule has 2 bridgehead atoms. The molecular weight excluding hydrogens is 488 g/mol. The van der Waals surface area contributed by atoms with Gasteiger partial charge in [0.2, 0.25) is 0 Å². The molecule has 11 heteroatoms. The summed E-state index contributed by atoms with van der Waals surface area (Å²) in [5, 5.41) is 0.153. The number of pyridine rings is 1. The second-order valence-electron chi connectivity index (χ2n) is 8.81. The van der Waals surface area contributed by atoms with E-state index in [2.05, 4.69) is 9.97 Å². The molecule has 6 rings (SSSR count). The van der Waals surface area contributed by atoms with Crippen molar-refractivity contribution in [2.75, 3.05) is 13.2 Å². The van der Waals surface area contributed by atoms with Gasteiger partial charge in [-0.15, -0.1) is 0 Å². The Morgan fingerprint density at radius 3 is 2.69 bits per heavy atom. The number of ether oxygens (including phenoxy) is 1. The van der Waals surface area contributed by atoms with Crippen LogP contribution in [0, 0.1) is 4.78 Å². The molecule has 8 nitrogen and oxygen atoms in total. The van der Waals surface area contributed by atoms with E-state index >= 15 is 0 Å². The molecule has 4 aromatic rings. The van der Waals surface area contributed by atoms with Gasteiger partial charge >= 0.3 is 6.61 Å². The van der Waals surface area contributed by atoms with Gasteiger partial charge in [0.1, 0.15) is 16.6 Å². The Morgan fingerprint density at radius 1 is 1.19 bits per heavy atom. The van der Waals surface area contributed by atoms with Gasteiger partial charge in [-0.25, -0.2) is 19.0 Å². The van der Waals surface area contributed by atoms with Crippen LogP contribution < -0.4 is 4.74 Å². The van der Waals surface area contributed by atoms with Crippen molar-refractivity contribution in [1.29, 1.82) is 4.78 Å². The molecule has 184 valence electrons. The minimum Gasteiger partial charge on any atom is -0.434 e. The Kier molecular flexibility index (Phi) is 4.20. The van der Waals surface area contributed by atoms with Crippen molar-refractivity contribution in [3.05, 3.63) is 71.7 Å². The second-order valence-corrected chi connectivity index (χ2v) is 10.9. The average Bonchev–Trinajstić information content (AvgIpc) is 3.35. The first kappa shape index (κ1) is 19.3. The summed E-state index contributed by atoms with van der Waals surface area (Å²) < 4.78 is 77.4. The minimum absolute atomic E-state index is 0.0150. The fourth-order valence-electron chi connectivity index (χ4n) is 5.07. The quantitative estimate of drug-likeness (QED) is 0.421. The van der Waals surface area contributed by atoms with Crippen molar-refractivity contribution in [3.63, 3.8) is 0 Å². The third-order valence-electron chi connectivity index (χ3n) is 6.62. The molecule has 0 saturated carbocycles. The summed E-state index contributed by atoms with van der Waals surface area (Å²) in [6.45, 7) is -5.96. The van der Waals surface area contributed by atoms with E-state index in [0.717, 1.165) is 10.5 Å². The van der Waals surface area contributed by atoms with Crippen molar-refractivity contribution in [2.45, 2.75) is 30.1 Å². The first-order chi connectivity index (χ1) is 18.3. The van der Waals surface area contributed by atoms with E-state index < -0.39 is 41.3 Å². The monoisotopic (exact) mass is 512 g/mol. The van der Waals surface area contributed by atoms with E-state index in [4.69, 9.17) is 13.6 Å². The van der Waals surface area contributed by atoms with Gasteiger partial charge in [0.25, 0.3) is 5.91 Å². The number of carbonyl (C=O) groups is 1. The SMILES string of the molecule is [2H]C([2H])([2H])N1C(=O)c2cccc(OC(F)F)c2[C@H]2C[C@@H]1c1nc3ccc(-c4ccc(S(C)(=N)=O)nc4)cc3n12. The van der Waals surface area contributed by atoms with Gasteiger partial charge in [-0.1, -0.05) is 18.2 Å². The topological polar surface area (TPSA) is 101 Å². The van der Waals surface area contributed by atoms with Crippen molar-refractivity contribution in [2.24, 2.45) is 0 Å². The fraction of sp³-hybridized carbons (Fsp3) is 0.240. The van der Waals surface area contributed by atoms with E-state index in [1.54, 1.807) is 22.8 Å². The number of halogens is 2. The molecule has 1 unspecified atom stereocenters. The van der Waals surface area contributed by atoms with Gasteiger partial charge < -0.3 is 14.2 Å². The molecule has 1 amide bonds. The number of nitrogens with zero attached hydrogens (tertiary/aromatic N) is 4. The van der Waals surface area contributed by atoms with Crippen molar-refractivity contribution >= 4 is 26.7 Å². The highest BCUT2D eigenvalue weighted by Gasteiger charge is 2.45. The summed E-state index contributed by atoms with van der Waals surface area (Å²) >= 11 is 0. The molecule has 0 fully saturated rings. The lowest BCUT2D eigenvalue weighted by atomic mass is 9.97. The molecule has 2 aliphatic rings. The molecule has 0 spiro atoms. The lowest BCUT2D eigenvalue weighted by molar-refractivity contribution is -0.0507. The summed E-state index contributed by atoms with van der Waals surface area (Å²) in [4.78, 5) is 23.2. The number of aromatic nitrogens is 3. The fourth-order valence-corrected chi connectivity index (χ4v) is 5.65. The number of alkyl halides is 2. The molecule has 3 atom stereocenters. The van der Waals surface area contributed by atoms with Gasteiger partial charge in [-0.2, -0.15) is 8.78 Å². The van der Waals surface area contributed by atoms with Crippen LogP contribution in [-0.2, 0) is 9.73 Å². The zero-order valence-electron chi connectivity index (χ0n) is 21.8. The van der Waals surface area contributed by atoms with E-state index in [0.29, 0.717) is 22.4 Å². The van der Waals surface area contributed by atoms with E-state index in [-0.39, 0.29) is 28.3 Å². The Labute approximate surface area is 209 Å². The molecule has 0 aliphatic carbocycles. The van der Waals surface area contributed by atoms with Gasteiger partial charge in [0.15, 0.2) is 0 Å². The number of imidazole rings is 1. The molecule has 4 heterocycles. The van der Waals surface area contributed by atoms with Crippen molar-refractivity contribution < 1.29 is 26.6 Å². The van der Waals surface area contributed by atoms with E-state index in [1.807, 2.05) is 6.07 Å². The van der Waals surface area contributed by atoms with Gasteiger partial charge in [-0.05, 0) is 35.9 Å². The maximum atomic E-state index is 13.5. The number of fused-ring (bicyclic) bond motifs is 9. The molecule has 0 radical (unpaired) electrons. The highest BCUT2D eigenvalue weighted by Crippen LogP contribution is 2.50. The second kappa shape index (κ2) is 7.82. The number of carbonyl (C=O) groups excluding carboxylic acids is 1. The van der Waals surface area contributed by atoms with Crippen LogP contribution in [0.2, 0.25) is 0 Å². The molecule has 0 saturated heterocycles. The molecule has 36 heavy (non-hydrogen) atoms. The Balaban J connectivity index is 1.57. The largest absolute Gasteiger partial charge is 0.434 e. The minimum atomic E-state index is -3.15. The van der Waals surface area contributed by atoms with Crippen LogP contribution in [0.1, 0.15) is 44.4 Å². The van der Waals surface area contributed by atoms with Crippen LogP contribution in [0.3, 0.4) is 0 Å². The van der Waals surface area contributed by atoms with E-state index in [9.17, 15) is 17.8 Å². The Bertz CT molecular complexity index is 1760. The summed E-state index contributed by atoms with van der Waals surface area (Å²) in [5.41, 5.74) is 2.71. The molecular formula is C25H21F2N5O3S. The van der Waals surface area contributed by atoms with Crippen molar-refractivity contribution in [1.82, 2.24) is 19.4 Å². The molecule has 2 aromatic heterocycles. The third kappa shape index (κ3) is 3.37. The number of nitrogens with one attached hydrogen (secondary N) is 1. The predicted octanol–water partition coefficient (Wildman–Crippen LogP) is 4.85. The zero-order valence-corrected chi connectivity index (χ0v) is 19.6. The van der Waals surface area contributed by atoms with Crippen LogP contribution in [0.5, 0.6) is 5.75 Å². The maximum Gasteiger partial charge on any atom is 0.387 e. The lowest BCUT2D eigenvalue weighted by Crippen LogP contribution is -2.30. The van der Waals surface area contributed by atoms with Gasteiger partial charge in [0, 0.05) is 46.7 Å². The Morgan fingerprint density at radius 2 is 2.00 bits per heavy atom. The summed E-state index contributed by atoms with van der Waals surface area (Å²) in [6, 6.07) is 11.1. The van der Waals surface area contributed by atoms with Crippen LogP contribution in [-0.4, -0.2) is 49.4 Å². The maximum absolute atomic E-state index is 13.5. The first-order valence-corrected chi connectivity index (χ1v) is 12.9. The van der Waals surface area contributed by atoms with Crippen LogP contribution >= 0.6 is 0 Å². The summed E-state index contributed by atoms with van der Waals surface area (Å²) in [5.74, 6) is -0.664. The first-order valence-electron chi connectivity index (χ1n) is 12.5. The highest BCUT2D eigenvalue weighted by molar-refractivity contribution is 7.91. The van der Waals surface area contributed by atoms with E-state index in [1.165, 1.54) is 36.7 Å². The average molecular weight is 513 g/mol. The summed E-state index contributed by atoms with van der Waals surface area (Å²) in [6.07, 6.45) is 2.92. The smallest absolute Gasteiger partial charge is 0.387 e. The Hall–Kier alpha value is -3.86. The normalized spacial score (nSPS) is 21.8. The standard InChI is InChI=1S/C25H21F2N5O3S/c1-31-19-11-18(22-15(24(31)33)4-3-5-20(22)35-25(26)27)32-17-10-13(6-8-16(17)30-23(19)32)14-7-9-21(29-12-14)36(2,28)34/h3-10,12,18-19,25,28H,11H2,1-2H3/t18-,19-,36?/m1/s1/i1D3. The van der Waals surface area contributed by atoms with Crippen LogP contribution in [0.15, 0.2) is 59.8 Å². The zero-order chi connectivity index (χ0) is 27.9. The van der Waals surface area contributed by atoms with Gasteiger partial charge in [0.05, 0.1) is 32.8 Å². The third-order valence-corrected chi connectivity index (χ3v) is 7.66. The highest BCUT2D eigenvalue weighted by atomic mass is 32.2.